The maximum atomic E-state index is 13.9. The van der Waals surface area contributed by atoms with Gasteiger partial charge in [-0.3, -0.25) is 0 Å². The number of hydrogen-bond donors (Lipinski definition) is 4. The van der Waals surface area contributed by atoms with Crippen LogP contribution in [0, 0.1) is 0 Å². The highest BCUT2D eigenvalue weighted by Crippen LogP contribution is 2.52. The van der Waals surface area contributed by atoms with E-state index in [-0.39, 0.29) is 24.5 Å². The molecule has 0 unspecified atom stereocenters. The van der Waals surface area contributed by atoms with Crippen LogP contribution in [-0.4, -0.2) is 60.4 Å². The number of para-hydroxylation sites is 4. The Kier molecular flexibility index (Phi) is 11.5. The molecule has 4 aromatic rings. The summed E-state index contributed by atoms with van der Waals surface area (Å²) < 4.78 is 53.5. The number of nitrogen functional groups attached to an aromatic ring is 1. The quantitative estimate of drug-likeness (QED) is 0.126. The van der Waals surface area contributed by atoms with Gasteiger partial charge in [0.2, 0.25) is 0 Å². The van der Waals surface area contributed by atoms with E-state index in [0.29, 0.717) is 48.2 Å². The molecule has 0 aliphatic heterocycles. The highest BCUT2D eigenvalue weighted by Gasteiger charge is 2.31. The van der Waals surface area contributed by atoms with Crippen LogP contribution < -0.4 is 24.3 Å². The van der Waals surface area contributed by atoms with Crippen molar-refractivity contribution in [2.24, 2.45) is 0 Å². The molecule has 0 saturated heterocycles. The molecule has 17 heteroatoms. The Bertz CT molecular complexity index is 1450. The molecule has 0 fully saturated rings. The van der Waals surface area contributed by atoms with Crippen molar-refractivity contribution in [3.05, 3.63) is 61.2 Å². The molecule has 0 saturated carbocycles. The van der Waals surface area contributed by atoms with E-state index >= 15 is 0 Å². The number of imidazole rings is 1. The second-order valence-corrected chi connectivity index (χ2v) is 10.8. The number of benzene rings is 2. The summed E-state index contributed by atoms with van der Waals surface area (Å²) in [5.41, 5.74) is 6.94. The molecule has 222 valence electrons. The number of rotatable bonds is 13. The van der Waals surface area contributed by atoms with E-state index in [1.165, 1.54) is 6.33 Å². The number of hydrogen-bond acceptors (Lipinski definition) is 11. The Morgan fingerprint density at radius 3 is 1.85 bits per heavy atom. The zero-order valence-electron chi connectivity index (χ0n) is 22.3. The molecule has 0 aliphatic carbocycles. The first-order valence-electron chi connectivity index (χ1n) is 12.2. The van der Waals surface area contributed by atoms with Gasteiger partial charge in [-0.1, -0.05) is 24.3 Å². The van der Waals surface area contributed by atoms with Gasteiger partial charge in [-0.05, 0) is 38.1 Å². The van der Waals surface area contributed by atoms with E-state index in [1.54, 1.807) is 59.4 Å². The van der Waals surface area contributed by atoms with Crippen molar-refractivity contribution < 1.29 is 47.1 Å². The van der Waals surface area contributed by atoms with Gasteiger partial charge in [-0.2, -0.15) is 0 Å². The van der Waals surface area contributed by atoms with Crippen molar-refractivity contribution in [2.75, 3.05) is 31.9 Å². The van der Waals surface area contributed by atoms with E-state index < -0.39 is 15.4 Å². The number of phosphoric acid groups is 1. The van der Waals surface area contributed by atoms with Crippen LogP contribution in [0.2, 0.25) is 0 Å². The summed E-state index contributed by atoms with van der Waals surface area (Å²) in [7, 11) is -8.52. The second-order valence-electron chi connectivity index (χ2n) is 7.97. The molecular formula is C24H31N5O10P2. The number of anilines is 1. The first-order chi connectivity index (χ1) is 19.5. The zero-order chi connectivity index (χ0) is 29.9. The van der Waals surface area contributed by atoms with Gasteiger partial charge in [-0.25, -0.2) is 24.1 Å². The fourth-order valence-electron chi connectivity index (χ4n) is 3.37. The molecule has 0 bridgehead atoms. The predicted molar refractivity (Wildman–Crippen MR) is 149 cm³/mol. The molecule has 15 nitrogen and oxygen atoms in total. The van der Waals surface area contributed by atoms with Crippen molar-refractivity contribution >= 4 is 32.4 Å². The van der Waals surface area contributed by atoms with Gasteiger partial charge in [0.05, 0.1) is 26.1 Å². The number of nitrogens with zero attached hydrogens (tertiary/aromatic N) is 4. The highest BCUT2D eigenvalue weighted by molar-refractivity contribution is 7.54. The van der Waals surface area contributed by atoms with Crippen LogP contribution in [0.5, 0.6) is 23.0 Å². The maximum Gasteiger partial charge on any atom is 0.466 e. The Morgan fingerprint density at radius 2 is 1.34 bits per heavy atom. The van der Waals surface area contributed by atoms with Gasteiger partial charge in [0.15, 0.2) is 40.8 Å². The first kappa shape index (κ1) is 31.8. The normalized spacial score (nSPS) is 11.4. The third kappa shape index (κ3) is 10.0. The number of ether oxygens (including phenoxy) is 3. The fourth-order valence-corrected chi connectivity index (χ4v) is 4.77. The number of nitrogens with two attached hydrogens (primary N) is 1. The topological polar surface area (TPSA) is 211 Å². The first-order valence-corrected chi connectivity index (χ1v) is 15.5. The van der Waals surface area contributed by atoms with E-state index in [9.17, 15) is 4.57 Å². The molecule has 41 heavy (non-hydrogen) atoms. The molecule has 2 aromatic heterocycles. The van der Waals surface area contributed by atoms with Crippen LogP contribution in [0.4, 0.5) is 5.82 Å². The van der Waals surface area contributed by atoms with Gasteiger partial charge < -0.3 is 48.2 Å². The average molecular weight is 611 g/mol. The highest BCUT2D eigenvalue weighted by atomic mass is 31.2. The van der Waals surface area contributed by atoms with Crippen molar-refractivity contribution in [1.29, 1.82) is 0 Å². The van der Waals surface area contributed by atoms with Crippen molar-refractivity contribution in [2.45, 2.75) is 20.4 Å². The molecule has 0 radical (unpaired) electrons. The summed E-state index contributed by atoms with van der Waals surface area (Å²) in [4.78, 5) is 34.0. The molecule has 2 aromatic carbocycles. The van der Waals surface area contributed by atoms with E-state index in [2.05, 4.69) is 15.0 Å². The summed E-state index contributed by atoms with van der Waals surface area (Å²) in [5.74, 6) is 1.76. The lowest BCUT2D eigenvalue weighted by Crippen LogP contribution is -2.12. The predicted octanol–water partition coefficient (Wildman–Crippen LogP) is 3.60. The van der Waals surface area contributed by atoms with Crippen molar-refractivity contribution in [3.63, 3.8) is 0 Å². The third-order valence-corrected chi connectivity index (χ3v) is 6.38. The number of aromatic nitrogens is 4. The average Bonchev–Trinajstić information content (AvgIpc) is 3.33. The van der Waals surface area contributed by atoms with Crippen LogP contribution in [0.15, 0.2) is 61.2 Å². The summed E-state index contributed by atoms with van der Waals surface area (Å²) in [6.45, 7) is 5.12. The molecule has 4 rings (SSSR count). The largest absolute Gasteiger partial charge is 0.490 e. The molecule has 0 amide bonds. The van der Waals surface area contributed by atoms with Gasteiger partial charge >= 0.3 is 15.4 Å². The van der Waals surface area contributed by atoms with Crippen LogP contribution in [0.3, 0.4) is 0 Å². The molecule has 5 N–H and O–H groups in total. The van der Waals surface area contributed by atoms with E-state index in [1.807, 2.05) is 13.8 Å². The lowest BCUT2D eigenvalue weighted by molar-refractivity contribution is 0.151. The maximum absolute atomic E-state index is 13.9. The fraction of sp³-hybridized carbons (Fsp3) is 0.292. The number of fused-ring (bicyclic) bond motifs is 1. The minimum absolute atomic E-state index is 0.187. The van der Waals surface area contributed by atoms with Gasteiger partial charge in [0, 0.05) is 6.54 Å². The zero-order valence-corrected chi connectivity index (χ0v) is 24.1. The Hall–Kier alpha value is -3.71. The molecule has 0 aliphatic rings. The minimum Gasteiger partial charge on any atom is -0.490 e. The van der Waals surface area contributed by atoms with Crippen LogP contribution in [0.25, 0.3) is 11.2 Å². The van der Waals surface area contributed by atoms with Gasteiger partial charge in [-0.15, -0.1) is 0 Å². The van der Waals surface area contributed by atoms with Crippen molar-refractivity contribution in [3.8, 4) is 23.0 Å². The Balaban J connectivity index is 0.000000850. The monoisotopic (exact) mass is 611 g/mol. The van der Waals surface area contributed by atoms with Crippen LogP contribution in [0.1, 0.15) is 13.8 Å². The van der Waals surface area contributed by atoms with E-state index in [4.69, 9.17) is 48.2 Å². The second kappa shape index (κ2) is 14.8. The lowest BCUT2D eigenvalue weighted by atomic mass is 10.3. The SMILES string of the molecule is CCOc1ccccc1OP(=O)(COCCn1cnc2c(N)ncnc21)Oc1ccccc1OCC.O=P(O)(O)O. The van der Waals surface area contributed by atoms with Crippen molar-refractivity contribution in [1.82, 2.24) is 19.5 Å². The summed E-state index contributed by atoms with van der Waals surface area (Å²) >= 11 is 0. The Labute approximate surface area is 235 Å². The van der Waals surface area contributed by atoms with Gasteiger partial charge in [0.25, 0.3) is 0 Å². The van der Waals surface area contributed by atoms with Crippen LogP contribution in [-0.2, 0) is 20.4 Å². The smallest absolute Gasteiger partial charge is 0.466 e. The lowest BCUT2D eigenvalue weighted by Gasteiger charge is -2.22. The Morgan fingerprint density at radius 1 is 0.829 bits per heavy atom. The molecule has 0 atom stereocenters. The molecule has 2 heterocycles. The summed E-state index contributed by atoms with van der Waals surface area (Å²) in [6.07, 6.45) is 2.65. The summed E-state index contributed by atoms with van der Waals surface area (Å²) in [6, 6.07) is 13.9. The standard InChI is InChI=1S/C24H28N5O6P.H3O4P/c1-3-32-18-9-5-7-11-20(18)34-36(30,35-21-12-8-6-10-19(21)33-4-2)17-31-14-13-29-16-28-22-23(25)26-15-27-24(22)29;1-5(2,3)4/h5-12,15-16H,3-4,13-14,17H2,1-2H3,(H2,25,26,27);(H3,1,2,3,4). The summed E-state index contributed by atoms with van der Waals surface area (Å²) in [5, 5.41) is 0. The minimum atomic E-state index is -4.64. The molecule has 0 spiro atoms. The van der Waals surface area contributed by atoms with Gasteiger partial charge in [0.1, 0.15) is 11.8 Å². The van der Waals surface area contributed by atoms with E-state index in [0.717, 1.165) is 0 Å². The van der Waals surface area contributed by atoms with Crippen LogP contribution >= 0.6 is 15.4 Å². The molecular weight excluding hydrogens is 580 g/mol. The third-order valence-electron chi connectivity index (χ3n) is 4.93.